The number of carbonyl (C=O) groups excluding carboxylic acids is 2. The Morgan fingerprint density at radius 2 is 1.96 bits per heavy atom. The first kappa shape index (κ1) is 19.7. The molecule has 1 saturated carbocycles. The third-order valence-electron chi connectivity index (χ3n) is 5.39. The molecule has 0 spiro atoms. The average molecular weight is 366 g/mol. The van der Waals surface area contributed by atoms with Crippen LogP contribution < -0.4 is 11.1 Å². The molecule has 2 amide bonds. The van der Waals surface area contributed by atoms with Gasteiger partial charge in [0.2, 0.25) is 11.8 Å². The number of amides is 2. The van der Waals surface area contributed by atoms with Crippen LogP contribution in [0.5, 0.6) is 0 Å². The lowest BCUT2D eigenvalue weighted by Gasteiger charge is -2.27. The summed E-state index contributed by atoms with van der Waals surface area (Å²) in [5, 5.41) is 3.15. The second-order valence-corrected chi connectivity index (χ2v) is 7.10. The van der Waals surface area contributed by atoms with Gasteiger partial charge in [-0.25, -0.2) is 0 Å². The first-order valence-electron chi connectivity index (χ1n) is 8.94. The number of nitrogens with one attached hydrogen (secondary N) is 1. The molecule has 0 aromatic heterocycles. The minimum absolute atomic E-state index is 0. The zero-order chi connectivity index (χ0) is 17.1. The third-order valence-corrected chi connectivity index (χ3v) is 5.39. The van der Waals surface area contributed by atoms with Gasteiger partial charge in [-0.1, -0.05) is 36.2 Å². The molecule has 25 heavy (non-hydrogen) atoms. The molecule has 2 aliphatic rings. The van der Waals surface area contributed by atoms with Crippen molar-refractivity contribution in [2.45, 2.75) is 57.7 Å². The molecule has 138 valence electrons. The van der Waals surface area contributed by atoms with E-state index in [0.717, 1.165) is 24.8 Å². The predicted octanol–water partition coefficient (Wildman–Crippen LogP) is 2.15. The first-order chi connectivity index (χ1) is 11.6. The Morgan fingerprint density at radius 3 is 2.64 bits per heavy atom. The second kappa shape index (κ2) is 8.68. The highest BCUT2D eigenvalue weighted by molar-refractivity contribution is 5.91. The molecule has 5 nitrogen and oxygen atoms in total. The smallest absolute Gasteiger partial charge is 0.243 e. The van der Waals surface area contributed by atoms with E-state index in [2.05, 4.69) is 5.32 Å². The molecule has 1 heterocycles. The second-order valence-electron chi connectivity index (χ2n) is 7.10. The highest BCUT2D eigenvalue weighted by Gasteiger charge is 2.38. The maximum Gasteiger partial charge on any atom is 0.243 e. The van der Waals surface area contributed by atoms with Crippen LogP contribution in [0, 0.1) is 12.8 Å². The van der Waals surface area contributed by atoms with Crippen LogP contribution >= 0.6 is 12.4 Å². The van der Waals surface area contributed by atoms with E-state index in [9.17, 15) is 9.59 Å². The third kappa shape index (κ3) is 4.53. The fourth-order valence-electron chi connectivity index (χ4n) is 3.88. The van der Waals surface area contributed by atoms with Crippen molar-refractivity contribution in [2.24, 2.45) is 11.7 Å². The molecule has 2 fully saturated rings. The summed E-state index contributed by atoms with van der Waals surface area (Å²) in [6, 6.07) is 7.94. The van der Waals surface area contributed by atoms with Gasteiger partial charge in [-0.05, 0) is 44.2 Å². The highest BCUT2D eigenvalue weighted by Crippen LogP contribution is 2.26. The summed E-state index contributed by atoms with van der Waals surface area (Å²) in [7, 11) is 0. The van der Waals surface area contributed by atoms with Crippen molar-refractivity contribution >= 4 is 24.2 Å². The topological polar surface area (TPSA) is 75.4 Å². The molecular formula is C19H28ClN3O2. The lowest BCUT2D eigenvalue weighted by Crippen LogP contribution is -2.49. The summed E-state index contributed by atoms with van der Waals surface area (Å²) in [6.07, 6.45) is 4.25. The van der Waals surface area contributed by atoms with Crippen LogP contribution in [-0.2, 0) is 16.1 Å². The number of hydrogen-bond donors (Lipinski definition) is 2. The quantitative estimate of drug-likeness (QED) is 0.839. The summed E-state index contributed by atoms with van der Waals surface area (Å²) in [6.45, 7) is 3.15. The molecule has 3 rings (SSSR count). The predicted molar refractivity (Wildman–Crippen MR) is 100 cm³/mol. The van der Waals surface area contributed by atoms with E-state index < -0.39 is 0 Å². The molecule has 3 unspecified atom stereocenters. The Labute approximate surface area is 155 Å². The van der Waals surface area contributed by atoms with Crippen LogP contribution in [-0.4, -0.2) is 35.3 Å². The summed E-state index contributed by atoms with van der Waals surface area (Å²) >= 11 is 0. The standard InChI is InChI=1S/C19H27N3O2.ClH/c1-13-5-7-14(8-6-13)12-22-17(9-10-18(22)23)19(24)21-16-4-2-3-15(16)11-20;/h5-8,15-17H,2-4,9-12,20H2,1H3,(H,21,24);1H. The van der Waals surface area contributed by atoms with Crippen LogP contribution in [0.25, 0.3) is 0 Å². The van der Waals surface area contributed by atoms with Crippen molar-refractivity contribution in [1.29, 1.82) is 0 Å². The molecule has 1 saturated heterocycles. The van der Waals surface area contributed by atoms with E-state index in [1.807, 2.05) is 31.2 Å². The Morgan fingerprint density at radius 1 is 1.24 bits per heavy atom. The molecule has 0 bridgehead atoms. The molecule has 0 radical (unpaired) electrons. The lowest BCUT2D eigenvalue weighted by molar-refractivity contribution is -0.136. The van der Waals surface area contributed by atoms with Gasteiger partial charge in [0.05, 0.1) is 0 Å². The molecule has 6 heteroatoms. The maximum atomic E-state index is 12.7. The zero-order valence-corrected chi connectivity index (χ0v) is 15.6. The Kier molecular flexibility index (Phi) is 6.85. The summed E-state index contributed by atoms with van der Waals surface area (Å²) in [5.41, 5.74) is 8.06. The van der Waals surface area contributed by atoms with Crippen LogP contribution in [0.4, 0.5) is 0 Å². The zero-order valence-electron chi connectivity index (χ0n) is 14.7. The molecule has 3 atom stereocenters. The van der Waals surface area contributed by atoms with Gasteiger partial charge in [0, 0.05) is 19.0 Å². The molecule has 1 aromatic carbocycles. The number of aryl methyl sites for hydroxylation is 1. The lowest BCUT2D eigenvalue weighted by atomic mass is 10.0. The number of hydrogen-bond acceptors (Lipinski definition) is 3. The van der Waals surface area contributed by atoms with Crippen LogP contribution in [0.1, 0.15) is 43.2 Å². The summed E-state index contributed by atoms with van der Waals surface area (Å²) in [5.74, 6) is 0.424. The minimum Gasteiger partial charge on any atom is -0.351 e. The van der Waals surface area contributed by atoms with Gasteiger partial charge in [0.1, 0.15) is 6.04 Å². The van der Waals surface area contributed by atoms with Crippen LogP contribution in [0.2, 0.25) is 0 Å². The van der Waals surface area contributed by atoms with Gasteiger partial charge >= 0.3 is 0 Å². The van der Waals surface area contributed by atoms with Gasteiger partial charge in [-0.15, -0.1) is 12.4 Å². The largest absolute Gasteiger partial charge is 0.351 e. The van der Waals surface area contributed by atoms with E-state index in [0.29, 0.717) is 31.8 Å². The van der Waals surface area contributed by atoms with Crippen LogP contribution in [0.15, 0.2) is 24.3 Å². The molecule has 1 aliphatic heterocycles. The Hall–Kier alpha value is -1.59. The van der Waals surface area contributed by atoms with Crippen molar-refractivity contribution in [3.63, 3.8) is 0 Å². The monoisotopic (exact) mass is 365 g/mol. The minimum atomic E-state index is -0.349. The Bertz CT molecular complexity index is 605. The number of carbonyl (C=O) groups is 2. The normalized spacial score (nSPS) is 25.8. The van der Waals surface area contributed by atoms with E-state index >= 15 is 0 Å². The molecular weight excluding hydrogens is 338 g/mol. The van der Waals surface area contributed by atoms with Gasteiger partial charge < -0.3 is 16.0 Å². The molecule has 1 aliphatic carbocycles. The van der Waals surface area contributed by atoms with Gasteiger partial charge in [0.15, 0.2) is 0 Å². The fraction of sp³-hybridized carbons (Fsp3) is 0.579. The average Bonchev–Trinajstić information content (AvgIpc) is 3.16. The number of rotatable bonds is 5. The van der Waals surface area contributed by atoms with Gasteiger partial charge in [0.25, 0.3) is 0 Å². The van der Waals surface area contributed by atoms with E-state index in [-0.39, 0.29) is 36.3 Å². The number of halogens is 1. The van der Waals surface area contributed by atoms with Gasteiger partial charge in [-0.3, -0.25) is 9.59 Å². The SMILES string of the molecule is Cc1ccc(CN2C(=O)CCC2C(=O)NC2CCCC2CN)cc1.Cl. The van der Waals surface area contributed by atoms with E-state index in [4.69, 9.17) is 5.73 Å². The van der Waals surface area contributed by atoms with Crippen molar-refractivity contribution < 1.29 is 9.59 Å². The van der Waals surface area contributed by atoms with E-state index in [1.165, 1.54) is 5.56 Å². The van der Waals surface area contributed by atoms with E-state index in [1.54, 1.807) is 4.90 Å². The highest BCUT2D eigenvalue weighted by atomic mass is 35.5. The van der Waals surface area contributed by atoms with Crippen molar-refractivity contribution in [2.75, 3.05) is 6.54 Å². The van der Waals surface area contributed by atoms with Crippen molar-refractivity contribution in [3.05, 3.63) is 35.4 Å². The number of benzene rings is 1. The maximum absolute atomic E-state index is 12.7. The Balaban J connectivity index is 0.00000225. The number of nitrogens with two attached hydrogens (primary N) is 1. The number of nitrogens with zero attached hydrogens (tertiary/aromatic N) is 1. The molecule has 1 aromatic rings. The summed E-state index contributed by atoms with van der Waals surface area (Å²) in [4.78, 5) is 26.7. The summed E-state index contributed by atoms with van der Waals surface area (Å²) < 4.78 is 0. The van der Waals surface area contributed by atoms with Crippen molar-refractivity contribution in [3.8, 4) is 0 Å². The van der Waals surface area contributed by atoms with Crippen molar-refractivity contribution in [1.82, 2.24) is 10.2 Å². The fourth-order valence-corrected chi connectivity index (χ4v) is 3.88. The van der Waals surface area contributed by atoms with Gasteiger partial charge in [-0.2, -0.15) is 0 Å². The first-order valence-corrected chi connectivity index (χ1v) is 8.94. The number of likely N-dealkylation sites (tertiary alicyclic amines) is 1. The molecule has 3 N–H and O–H groups in total. The van der Waals surface area contributed by atoms with Crippen LogP contribution in [0.3, 0.4) is 0 Å².